The monoisotopic (exact) mass is 521 g/mol. The quantitative estimate of drug-likeness (QED) is 0.536. The van der Waals surface area contributed by atoms with Gasteiger partial charge in [-0.25, -0.2) is 4.98 Å². The van der Waals surface area contributed by atoms with Gasteiger partial charge >= 0.3 is 12.1 Å². The minimum atomic E-state index is -4.39. The molecule has 1 aromatic heterocycles. The number of anilines is 2. The van der Waals surface area contributed by atoms with Crippen LogP contribution in [0.15, 0.2) is 30.5 Å². The Morgan fingerprint density at radius 2 is 1.84 bits per heavy atom. The van der Waals surface area contributed by atoms with E-state index >= 15 is 0 Å². The van der Waals surface area contributed by atoms with Gasteiger partial charge in [-0.15, -0.1) is 0 Å². The number of carbonyl (C=O) groups is 2. The first-order valence-electron chi connectivity index (χ1n) is 12.2. The summed E-state index contributed by atoms with van der Waals surface area (Å²) < 4.78 is 49.8. The van der Waals surface area contributed by atoms with Crippen LogP contribution in [0.3, 0.4) is 0 Å². The molecule has 0 radical (unpaired) electrons. The van der Waals surface area contributed by atoms with Crippen molar-refractivity contribution in [2.45, 2.75) is 25.9 Å². The standard InChI is InChI=1S/C25H30F3N5O4/c1-3-37-23(35)17-6-5-9-33(16-17)22(34)20-15-29-24(30-21(20)36-2)32-12-10-31(11-13-32)19-8-4-7-18(14-19)25(26,27)28/h4,7-8,14-15,17H,3,5-6,9-13,16H2,1-2H3. The van der Waals surface area contributed by atoms with Crippen molar-refractivity contribution in [3.8, 4) is 5.88 Å². The fraction of sp³-hybridized carbons (Fsp3) is 0.520. The summed E-state index contributed by atoms with van der Waals surface area (Å²) >= 11 is 0. The first-order chi connectivity index (χ1) is 17.7. The summed E-state index contributed by atoms with van der Waals surface area (Å²) in [5.74, 6) is -0.472. The van der Waals surface area contributed by atoms with Gasteiger partial charge in [-0.05, 0) is 38.0 Å². The maximum atomic E-state index is 13.2. The average molecular weight is 522 g/mol. The number of amides is 1. The van der Waals surface area contributed by atoms with Crippen LogP contribution in [0.4, 0.5) is 24.8 Å². The fourth-order valence-corrected chi connectivity index (χ4v) is 4.64. The van der Waals surface area contributed by atoms with Crippen molar-refractivity contribution < 1.29 is 32.2 Å². The molecule has 1 aromatic carbocycles. The van der Waals surface area contributed by atoms with Crippen molar-refractivity contribution >= 4 is 23.5 Å². The highest BCUT2D eigenvalue weighted by Gasteiger charge is 2.33. The smallest absolute Gasteiger partial charge is 0.416 e. The number of benzene rings is 1. The van der Waals surface area contributed by atoms with Crippen LogP contribution < -0.4 is 14.5 Å². The van der Waals surface area contributed by atoms with Gasteiger partial charge in [0.25, 0.3) is 5.91 Å². The second-order valence-electron chi connectivity index (χ2n) is 8.96. The van der Waals surface area contributed by atoms with E-state index < -0.39 is 11.7 Å². The third kappa shape index (κ3) is 6.05. The largest absolute Gasteiger partial charge is 0.480 e. The topological polar surface area (TPSA) is 88.1 Å². The lowest BCUT2D eigenvalue weighted by atomic mass is 9.97. The number of ether oxygens (including phenoxy) is 2. The van der Waals surface area contributed by atoms with Crippen LogP contribution in [-0.4, -0.2) is 79.7 Å². The molecule has 37 heavy (non-hydrogen) atoms. The molecule has 0 N–H and O–H groups in total. The number of hydrogen-bond acceptors (Lipinski definition) is 8. The molecular weight excluding hydrogens is 491 g/mol. The summed E-state index contributed by atoms with van der Waals surface area (Å²) in [6, 6.07) is 5.29. The van der Waals surface area contributed by atoms with Crippen molar-refractivity contribution in [1.82, 2.24) is 14.9 Å². The molecule has 1 atom stereocenters. The number of aromatic nitrogens is 2. The van der Waals surface area contributed by atoms with Crippen LogP contribution >= 0.6 is 0 Å². The summed E-state index contributed by atoms with van der Waals surface area (Å²) in [5.41, 5.74) is 0.0398. The van der Waals surface area contributed by atoms with Crippen molar-refractivity contribution in [1.29, 1.82) is 0 Å². The van der Waals surface area contributed by atoms with E-state index in [1.807, 2.05) is 9.80 Å². The van der Waals surface area contributed by atoms with E-state index in [4.69, 9.17) is 9.47 Å². The van der Waals surface area contributed by atoms with Crippen molar-refractivity contribution in [2.75, 3.05) is 62.8 Å². The molecule has 9 nitrogen and oxygen atoms in total. The zero-order chi connectivity index (χ0) is 26.6. The Bertz CT molecular complexity index is 1120. The Morgan fingerprint density at radius 1 is 1.11 bits per heavy atom. The second kappa shape index (κ2) is 11.2. The van der Waals surface area contributed by atoms with Gasteiger partial charge in [0.1, 0.15) is 5.56 Å². The molecule has 3 heterocycles. The highest BCUT2D eigenvalue weighted by molar-refractivity contribution is 5.96. The molecule has 1 unspecified atom stereocenters. The Balaban J connectivity index is 1.42. The third-order valence-corrected chi connectivity index (χ3v) is 6.59. The maximum absolute atomic E-state index is 13.2. The predicted molar refractivity (Wildman–Crippen MR) is 130 cm³/mol. The molecule has 0 aliphatic carbocycles. The lowest BCUT2D eigenvalue weighted by Gasteiger charge is -2.36. The van der Waals surface area contributed by atoms with Gasteiger partial charge in [-0.3, -0.25) is 9.59 Å². The van der Waals surface area contributed by atoms with Crippen molar-refractivity contribution in [3.05, 3.63) is 41.6 Å². The van der Waals surface area contributed by atoms with Gasteiger partial charge in [0.2, 0.25) is 11.8 Å². The molecule has 2 aliphatic rings. The SMILES string of the molecule is CCOC(=O)C1CCCN(C(=O)c2cnc(N3CCN(c4cccc(C(F)(F)F)c4)CC3)nc2OC)C1. The summed E-state index contributed by atoms with van der Waals surface area (Å²) in [4.78, 5) is 39.6. The van der Waals surface area contributed by atoms with Gasteiger partial charge in [0.05, 0.1) is 25.2 Å². The molecule has 1 amide bonds. The van der Waals surface area contributed by atoms with Crippen LogP contribution in [0.2, 0.25) is 0 Å². The number of likely N-dealkylation sites (tertiary alicyclic amines) is 1. The van der Waals surface area contributed by atoms with E-state index in [9.17, 15) is 22.8 Å². The fourth-order valence-electron chi connectivity index (χ4n) is 4.64. The molecule has 200 valence electrons. The van der Waals surface area contributed by atoms with Gasteiger partial charge in [-0.2, -0.15) is 18.2 Å². The predicted octanol–water partition coefficient (Wildman–Crippen LogP) is 3.25. The van der Waals surface area contributed by atoms with Crippen LogP contribution in [-0.2, 0) is 15.7 Å². The first-order valence-corrected chi connectivity index (χ1v) is 12.2. The van der Waals surface area contributed by atoms with Gasteiger partial charge in [0.15, 0.2) is 0 Å². The summed E-state index contributed by atoms with van der Waals surface area (Å²) in [7, 11) is 1.42. The Labute approximate surface area is 213 Å². The van der Waals surface area contributed by atoms with E-state index in [1.54, 1.807) is 17.9 Å². The number of rotatable bonds is 6. The molecule has 4 rings (SSSR count). The Morgan fingerprint density at radius 3 is 2.51 bits per heavy atom. The van der Waals surface area contributed by atoms with Gasteiger partial charge < -0.3 is 24.2 Å². The number of carbonyl (C=O) groups excluding carboxylic acids is 2. The normalized spacial score (nSPS) is 18.5. The van der Waals surface area contributed by atoms with E-state index in [2.05, 4.69) is 9.97 Å². The summed E-state index contributed by atoms with van der Waals surface area (Å²) in [6.45, 7) is 4.75. The summed E-state index contributed by atoms with van der Waals surface area (Å²) in [5, 5.41) is 0. The van der Waals surface area contributed by atoms with Crippen LogP contribution in [0, 0.1) is 5.92 Å². The van der Waals surface area contributed by atoms with Crippen LogP contribution in [0.1, 0.15) is 35.7 Å². The molecule has 2 fully saturated rings. The number of halogens is 3. The minimum Gasteiger partial charge on any atom is -0.480 e. The molecule has 2 aromatic rings. The second-order valence-corrected chi connectivity index (χ2v) is 8.96. The number of hydrogen-bond donors (Lipinski definition) is 0. The molecule has 12 heteroatoms. The molecule has 0 spiro atoms. The molecule has 0 bridgehead atoms. The average Bonchev–Trinajstić information content (AvgIpc) is 2.92. The number of alkyl halides is 3. The van der Waals surface area contributed by atoms with Crippen molar-refractivity contribution in [2.24, 2.45) is 5.92 Å². The van der Waals surface area contributed by atoms with Crippen LogP contribution in [0.25, 0.3) is 0 Å². The molecular formula is C25H30F3N5O4. The molecule has 2 aliphatic heterocycles. The zero-order valence-corrected chi connectivity index (χ0v) is 20.8. The van der Waals surface area contributed by atoms with E-state index in [1.165, 1.54) is 19.4 Å². The Hall–Kier alpha value is -3.57. The minimum absolute atomic E-state index is 0.133. The number of esters is 1. The van der Waals surface area contributed by atoms with E-state index in [0.29, 0.717) is 63.8 Å². The third-order valence-electron chi connectivity index (χ3n) is 6.59. The number of methoxy groups -OCH3 is 1. The highest BCUT2D eigenvalue weighted by atomic mass is 19.4. The lowest BCUT2D eigenvalue weighted by Crippen LogP contribution is -2.47. The van der Waals surface area contributed by atoms with Gasteiger partial charge in [0, 0.05) is 51.2 Å². The maximum Gasteiger partial charge on any atom is 0.416 e. The lowest BCUT2D eigenvalue weighted by molar-refractivity contribution is -0.149. The summed E-state index contributed by atoms with van der Waals surface area (Å²) in [6.07, 6.45) is -1.61. The Kier molecular flexibility index (Phi) is 8.03. The highest BCUT2D eigenvalue weighted by Crippen LogP contribution is 2.32. The molecule has 2 saturated heterocycles. The van der Waals surface area contributed by atoms with E-state index in [0.717, 1.165) is 12.1 Å². The zero-order valence-electron chi connectivity index (χ0n) is 20.8. The first kappa shape index (κ1) is 26.5. The number of nitrogens with zero attached hydrogens (tertiary/aromatic N) is 5. The number of piperazine rings is 1. The molecule has 0 saturated carbocycles. The van der Waals surface area contributed by atoms with Gasteiger partial charge in [-0.1, -0.05) is 6.07 Å². The van der Waals surface area contributed by atoms with Crippen LogP contribution in [0.5, 0.6) is 5.88 Å². The van der Waals surface area contributed by atoms with E-state index in [-0.39, 0.29) is 35.8 Å². The number of piperidine rings is 1. The van der Waals surface area contributed by atoms with Crippen molar-refractivity contribution in [3.63, 3.8) is 0 Å².